The number of hydrogen-bond donors (Lipinski definition) is 2. The molecule has 1 aromatic carbocycles. The van der Waals surface area contributed by atoms with Gasteiger partial charge < -0.3 is 20.1 Å². The van der Waals surface area contributed by atoms with E-state index < -0.39 is 11.6 Å². The second-order valence-corrected chi connectivity index (χ2v) is 6.39. The SMILES string of the molecule is CN=C(NCCOc1ccc(F)cc1F)NCC(OC)C(C)(C)C.I. The van der Waals surface area contributed by atoms with Gasteiger partial charge in [0, 0.05) is 26.8 Å². The largest absolute Gasteiger partial charge is 0.489 e. The molecular formula is C17H28F2IN3O2. The summed E-state index contributed by atoms with van der Waals surface area (Å²) in [6, 6.07) is 3.22. The van der Waals surface area contributed by atoms with Crippen LogP contribution in [0, 0.1) is 17.0 Å². The van der Waals surface area contributed by atoms with Crippen molar-refractivity contribution >= 4 is 29.9 Å². The Morgan fingerprint density at radius 1 is 1.24 bits per heavy atom. The molecule has 0 amide bonds. The van der Waals surface area contributed by atoms with Crippen LogP contribution in [-0.2, 0) is 4.74 Å². The molecular weight excluding hydrogens is 443 g/mol. The molecule has 0 aliphatic rings. The lowest BCUT2D eigenvalue weighted by Crippen LogP contribution is -2.46. The second-order valence-electron chi connectivity index (χ2n) is 6.39. The van der Waals surface area contributed by atoms with Gasteiger partial charge in [-0.25, -0.2) is 8.78 Å². The van der Waals surface area contributed by atoms with Crippen molar-refractivity contribution in [2.75, 3.05) is 33.9 Å². The Kier molecular flexibility index (Phi) is 10.9. The average Bonchev–Trinajstić information content (AvgIpc) is 2.50. The normalized spacial score (nSPS) is 13.0. The van der Waals surface area contributed by atoms with Gasteiger partial charge in [0.2, 0.25) is 0 Å². The predicted octanol–water partition coefficient (Wildman–Crippen LogP) is 3.19. The highest BCUT2D eigenvalue weighted by Gasteiger charge is 2.24. The number of rotatable bonds is 7. The van der Waals surface area contributed by atoms with Crippen molar-refractivity contribution in [2.24, 2.45) is 10.4 Å². The van der Waals surface area contributed by atoms with E-state index in [4.69, 9.17) is 9.47 Å². The van der Waals surface area contributed by atoms with E-state index in [2.05, 4.69) is 36.4 Å². The summed E-state index contributed by atoms with van der Waals surface area (Å²) < 4.78 is 37.0. The third-order valence-corrected chi connectivity index (χ3v) is 3.47. The maximum atomic E-state index is 13.4. The zero-order valence-corrected chi connectivity index (χ0v) is 17.7. The number of guanidine groups is 1. The summed E-state index contributed by atoms with van der Waals surface area (Å²) in [5.41, 5.74) is 0.00379. The molecule has 1 unspecified atom stereocenters. The number of methoxy groups -OCH3 is 1. The number of hydrogen-bond acceptors (Lipinski definition) is 3. The molecule has 0 aliphatic heterocycles. The molecule has 0 spiro atoms. The lowest BCUT2D eigenvalue weighted by atomic mass is 9.89. The van der Waals surface area contributed by atoms with Crippen LogP contribution in [-0.4, -0.2) is 45.9 Å². The average molecular weight is 471 g/mol. The Hall–Kier alpha value is -1.16. The van der Waals surface area contributed by atoms with E-state index in [1.807, 2.05) is 0 Å². The van der Waals surface area contributed by atoms with Gasteiger partial charge in [0.15, 0.2) is 17.5 Å². The first-order chi connectivity index (χ1) is 11.3. The first kappa shape index (κ1) is 23.8. The van der Waals surface area contributed by atoms with Crippen LogP contribution in [0.5, 0.6) is 5.75 Å². The highest BCUT2D eigenvalue weighted by molar-refractivity contribution is 14.0. The molecule has 0 bridgehead atoms. The lowest BCUT2D eigenvalue weighted by molar-refractivity contribution is 0.0205. The molecule has 1 rings (SSSR count). The van der Waals surface area contributed by atoms with Crippen molar-refractivity contribution in [1.29, 1.82) is 0 Å². The molecule has 2 N–H and O–H groups in total. The summed E-state index contributed by atoms with van der Waals surface area (Å²) in [5, 5.41) is 6.24. The molecule has 8 heteroatoms. The molecule has 0 radical (unpaired) electrons. The molecule has 0 saturated carbocycles. The molecule has 0 fully saturated rings. The quantitative estimate of drug-likeness (QED) is 0.278. The topological polar surface area (TPSA) is 54.9 Å². The maximum absolute atomic E-state index is 13.4. The van der Waals surface area contributed by atoms with Crippen molar-refractivity contribution in [2.45, 2.75) is 26.9 Å². The second kappa shape index (κ2) is 11.5. The fraction of sp³-hybridized carbons (Fsp3) is 0.588. The first-order valence-electron chi connectivity index (χ1n) is 7.83. The van der Waals surface area contributed by atoms with Crippen molar-refractivity contribution in [3.05, 3.63) is 29.8 Å². The Balaban J connectivity index is 0.00000576. The Bertz CT molecular complexity index is 551. The molecule has 25 heavy (non-hydrogen) atoms. The summed E-state index contributed by atoms with van der Waals surface area (Å²) in [4.78, 5) is 4.11. The molecule has 1 aromatic rings. The van der Waals surface area contributed by atoms with Gasteiger partial charge in [-0.2, -0.15) is 0 Å². The van der Waals surface area contributed by atoms with Crippen LogP contribution in [0.2, 0.25) is 0 Å². The number of halogens is 3. The monoisotopic (exact) mass is 471 g/mol. The number of nitrogens with zero attached hydrogens (tertiary/aromatic N) is 1. The van der Waals surface area contributed by atoms with E-state index in [1.54, 1.807) is 14.2 Å². The highest BCUT2D eigenvalue weighted by Crippen LogP contribution is 2.21. The van der Waals surface area contributed by atoms with Gasteiger partial charge >= 0.3 is 0 Å². The van der Waals surface area contributed by atoms with Crippen molar-refractivity contribution in [3.63, 3.8) is 0 Å². The maximum Gasteiger partial charge on any atom is 0.191 e. The molecule has 0 saturated heterocycles. The minimum absolute atomic E-state index is 0. The minimum atomic E-state index is -0.717. The van der Waals surface area contributed by atoms with Crippen LogP contribution >= 0.6 is 24.0 Å². The lowest BCUT2D eigenvalue weighted by Gasteiger charge is -2.30. The zero-order valence-electron chi connectivity index (χ0n) is 15.4. The van der Waals surface area contributed by atoms with Crippen molar-refractivity contribution < 1.29 is 18.3 Å². The standard InChI is InChI=1S/C17H27F2N3O2.HI/c1-17(2,3)15(23-5)11-22-16(20-4)21-8-9-24-14-7-6-12(18)10-13(14)19;/h6-7,10,15H,8-9,11H2,1-5H3,(H2,20,21,22);1H. The third-order valence-electron chi connectivity index (χ3n) is 3.47. The number of aliphatic imine (C=N–C) groups is 1. The van der Waals surface area contributed by atoms with Crippen LogP contribution in [0.25, 0.3) is 0 Å². The van der Waals surface area contributed by atoms with Crippen molar-refractivity contribution in [3.8, 4) is 5.75 Å². The minimum Gasteiger partial charge on any atom is -0.489 e. The Morgan fingerprint density at radius 2 is 1.92 bits per heavy atom. The fourth-order valence-corrected chi connectivity index (χ4v) is 2.08. The van der Waals surface area contributed by atoms with Gasteiger partial charge in [-0.3, -0.25) is 4.99 Å². The Labute approximate surface area is 165 Å². The number of nitrogens with one attached hydrogen (secondary N) is 2. The smallest absolute Gasteiger partial charge is 0.191 e. The first-order valence-corrected chi connectivity index (χ1v) is 7.83. The Morgan fingerprint density at radius 3 is 2.44 bits per heavy atom. The van der Waals surface area contributed by atoms with E-state index in [0.717, 1.165) is 12.1 Å². The van der Waals surface area contributed by atoms with Gasteiger partial charge in [-0.15, -0.1) is 24.0 Å². The predicted molar refractivity (Wildman–Crippen MR) is 107 cm³/mol. The van der Waals surface area contributed by atoms with E-state index >= 15 is 0 Å². The van der Waals surface area contributed by atoms with E-state index in [9.17, 15) is 8.78 Å². The van der Waals surface area contributed by atoms with Gasteiger partial charge in [0.1, 0.15) is 12.4 Å². The summed E-state index contributed by atoms with van der Waals surface area (Å²) in [6.07, 6.45) is 0.0283. The third kappa shape index (κ3) is 8.66. The van der Waals surface area contributed by atoms with Gasteiger partial charge in [-0.1, -0.05) is 20.8 Å². The van der Waals surface area contributed by atoms with Crippen LogP contribution in [0.3, 0.4) is 0 Å². The van der Waals surface area contributed by atoms with Gasteiger partial charge in [0.25, 0.3) is 0 Å². The fourth-order valence-electron chi connectivity index (χ4n) is 2.08. The molecule has 5 nitrogen and oxygen atoms in total. The molecule has 0 aromatic heterocycles. The zero-order chi connectivity index (χ0) is 18.2. The highest BCUT2D eigenvalue weighted by atomic mass is 127. The summed E-state index contributed by atoms with van der Waals surface area (Å²) in [7, 11) is 3.34. The number of benzene rings is 1. The van der Waals surface area contributed by atoms with Crippen LogP contribution < -0.4 is 15.4 Å². The van der Waals surface area contributed by atoms with Crippen molar-refractivity contribution in [1.82, 2.24) is 10.6 Å². The molecule has 1 atom stereocenters. The summed E-state index contributed by atoms with van der Waals surface area (Å²) in [6.45, 7) is 7.55. The van der Waals surface area contributed by atoms with Gasteiger partial charge in [0.05, 0.1) is 12.6 Å². The van der Waals surface area contributed by atoms with Crippen LogP contribution in [0.1, 0.15) is 20.8 Å². The summed E-state index contributed by atoms with van der Waals surface area (Å²) >= 11 is 0. The van der Waals surface area contributed by atoms with E-state index in [-0.39, 0.29) is 47.9 Å². The molecule has 0 heterocycles. The summed E-state index contributed by atoms with van der Waals surface area (Å²) in [5.74, 6) is -0.724. The van der Waals surface area contributed by atoms with E-state index in [1.165, 1.54) is 6.07 Å². The molecule has 0 aliphatic carbocycles. The molecule has 144 valence electrons. The van der Waals surface area contributed by atoms with Crippen LogP contribution in [0.4, 0.5) is 8.78 Å². The van der Waals surface area contributed by atoms with E-state index in [0.29, 0.717) is 19.0 Å². The van der Waals surface area contributed by atoms with Gasteiger partial charge in [-0.05, 0) is 17.5 Å². The van der Waals surface area contributed by atoms with Crippen LogP contribution in [0.15, 0.2) is 23.2 Å². The number of ether oxygens (including phenoxy) is 2.